The Balaban J connectivity index is 2.12. The zero-order chi connectivity index (χ0) is 17.1. The summed E-state index contributed by atoms with van der Waals surface area (Å²) in [6.07, 6.45) is 1.91. The fraction of sp³-hybridized carbons (Fsp3) is 0.600. The van der Waals surface area contributed by atoms with Crippen LogP contribution in [0.1, 0.15) is 32.6 Å². The summed E-state index contributed by atoms with van der Waals surface area (Å²) in [6, 6.07) is -0.328. The highest BCUT2D eigenvalue weighted by Crippen LogP contribution is 2.33. The summed E-state index contributed by atoms with van der Waals surface area (Å²) in [4.78, 5) is 15.4. The molecule has 0 spiro atoms. The van der Waals surface area contributed by atoms with Crippen LogP contribution in [0.25, 0.3) is 0 Å². The third-order valence-corrected chi connectivity index (χ3v) is 4.19. The van der Waals surface area contributed by atoms with Crippen molar-refractivity contribution in [1.82, 2.24) is 4.98 Å². The normalized spacial score (nSPS) is 21.1. The van der Waals surface area contributed by atoms with Crippen LogP contribution in [0.2, 0.25) is 0 Å². The molecule has 1 aromatic heterocycles. The molecule has 0 bridgehead atoms. The number of hydrogen-bond donors (Lipinski definition) is 0. The molecular formula is C15H18F4N2O2. The third kappa shape index (κ3) is 3.56. The van der Waals surface area contributed by atoms with Gasteiger partial charge in [-0.05, 0) is 32.6 Å². The van der Waals surface area contributed by atoms with Crippen molar-refractivity contribution in [2.45, 2.75) is 38.6 Å². The zero-order valence-corrected chi connectivity index (χ0v) is 12.9. The van der Waals surface area contributed by atoms with Crippen molar-refractivity contribution in [3.05, 3.63) is 23.5 Å². The molecule has 0 atom stereocenters. The highest BCUT2D eigenvalue weighted by Gasteiger charge is 2.32. The van der Waals surface area contributed by atoms with Crippen LogP contribution in [0.15, 0.2) is 0 Å². The molecule has 0 aromatic carbocycles. The molecule has 1 aliphatic carbocycles. The number of hydrogen-bond acceptors (Lipinski definition) is 4. The third-order valence-electron chi connectivity index (χ3n) is 4.19. The van der Waals surface area contributed by atoms with E-state index in [0.29, 0.717) is 32.3 Å². The summed E-state index contributed by atoms with van der Waals surface area (Å²) in [7, 11) is 1.37. The van der Waals surface area contributed by atoms with Crippen molar-refractivity contribution in [2.75, 3.05) is 18.6 Å². The molecule has 1 fully saturated rings. The molecule has 8 heteroatoms. The lowest BCUT2D eigenvalue weighted by Gasteiger charge is -2.35. The van der Waals surface area contributed by atoms with E-state index in [2.05, 4.69) is 4.98 Å². The Morgan fingerprint density at radius 3 is 2.13 bits per heavy atom. The van der Waals surface area contributed by atoms with Crippen molar-refractivity contribution in [2.24, 2.45) is 5.92 Å². The maximum atomic E-state index is 13.8. The standard InChI is InChI=1S/C15H18F4N2O2/c1-3-23-15(22)8-4-6-9(7-5-8)21(2)12-10(16)13(18)20-14(19)11(12)17/h8-9H,3-7H2,1-2H3. The van der Waals surface area contributed by atoms with Gasteiger partial charge in [-0.3, -0.25) is 4.79 Å². The summed E-state index contributed by atoms with van der Waals surface area (Å²) in [5.41, 5.74) is -0.769. The lowest BCUT2D eigenvalue weighted by Crippen LogP contribution is -2.38. The Morgan fingerprint density at radius 2 is 1.65 bits per heavy atom. The van der Waals surface area contributed by atoms with E-state index in [1.54, 1.807) is 6.92 Å². The summed E-state index contributed by atoms with van der Waals surface area (Å²) < 4.78 is 59.0. The smallest absolute Gasteiger partial charge is 0.308 e. The lowest BCUT2D eigenvalue weighted by atomic mass is 9.85. The lowest BCUT2D eigenvalue weighted by molar-refractivity contribution is -0.149. The number of carbonyl (C=O) groups is 1. The number of pyridine rings is 1. The zero-order valence-electron chi connectivity index (χ0n) is 12.9. The van der Waals surface area contributed by atoms with Crippen molar-refractivity contribution in [3.63, 3.8) is 0 Å². The minimum Gasteiger partial charge on any atom is -0.466 e. The van der Waals surface area contributed by atoms with E-state index in [1.807, 2.05) is 0 Å². The molecule has 1 aliphatic rings. The predicted molar refractivity (Wildman–Crippen MR) is 74.9 cm³/mol. The van der Waals surface area contributed by atoms with Crippen LogP contribution in [-0.2, 0) is 9.53 Å². The van der Waals surface area contributed by atoms with E-state index in [1.165, 1.54) is 11.9 Å². The Labute approximate surface area is 131 Å². The average molecular weight is 334 g/mol. The van der Waals surface area contributed by atoms with E-state index in [9.17, 15) is 22.4 Å². The summed E-state index contributed by atoms with van der Waals surface area (Å²) >= 11 is 0. The number of nitrogens with zero attached hydrogens (tertiary/aromatic N) is 2. The van der Waals surface area contributed by atoms with Crippen LogP contribution in [0, 0.1) is 29.4 Å². The molecule has 4 nitrogen and oxygen atoms in total. The topological polar surface area (TPSA) is 42.4 Å². The van der Waals surface area contributed by atoms with Gasteiger partial charge in [-0.25, -0.2) is 0 Å². The van der Waals surface area contributed by atoms with E-state index in [-0.39, 0.29) is 17.9 Å². The quantitative estimate of drug-likeness (QED) is 0.482. The number of esters is 1. The van der Waals surface area contributed by atoms with Crippen molar-refractivity contribution in [3.8, 4) is 0 Å². The maximum absolute atomic E-state index is 13.8. The number of rotatable bonds is 4. The van der Waals surface area contributed by atoms with Gasteiger partial charge in [0.1, 0.15) is 5.69 Å². The molecular weight excluding hydrogens is 316 g/mol. The van der Waals surface area contributed by atoms with Gasteiger partial charge in [-0.1, -0.05) is 0 Å². The van der Waals surface area contributed by atoms with Crippen LogP contribution in [0.3, 0.4) is 0 Å². The Hall–Kier alpha value is -1.86. The van der Waals surface area contributed by atoms with Crippen LogP contribution < -0.4 is 4.90 Å². The minimum atomic E-state index is -1.68. The number of carbonyl (C=O) groups excluding carboxylic acids is 1. The fourth-order valence-corrected chi connectivity index (χ4v) is 2.93. The monoisotopic (exact) mass is 334 g/mol. The second-order valence-corrected chi connectivity index (χ2v) is 5.54. The number of aromatic nitrogens is 1. The first-order valence-corrected chi connectivity index (χ1v) is 7.46. The molecule has 0 unspecified atom stereocenters. The Bertz CT molecular complexity index is 563. The highest BCUT2D eigenvalue weighted by atomic mass is 19.2. The van der Waals surface area contributed by atoms with E-state index >= 15 is 0 Å². The van der Waals surface area contributed by atoms with Gasteiger partial charge in [0.25, 0.3) is 11.9 Å². The molecule has 128 valence electrons. The average Bonchev–Trinajstić information content (AvgIpc) is 2.53. The number of ether oxygens (including phenoxy) is 1. The molecule has 0 N–H and O–H groups in total. The molecule has 2 rings (SSSR count). The first kappa shape index (κ1) is 17.5. The maximum Gasteiger partial charge on any atom is 0.308 e. The van der Waals surface area contributed by atoms with Crippen LogP contribution >= 0.6 is 0 Å². The molecule has 0 amide bonds. The summed E-state index contributed by atoms with van der Waals surface area (Å²) in [5.74, 6) is -6.91. The van der Waals surface area contributed by atoms with Gasteiger partial charge in [0.2, 0.25) is 11.6 Å². The molecule has 0 aliphatic heterocycles. The second kappa shape index (κ2) is 7.14. The summed E-state index contributed by atoms with van der Waals surface area (Å²) in [5, 5.41) is 0. The van der Waals surface area contributed by atoms with Gasteiger partial charge in [0, 0.05) is 13.1 Å². The number of halogens is 4. The van der Waals surface area contributed by atoms with Gasteiger partial charge < -0.3 is 9.64 Å². The van der Waals surface area contributed by atoms with Crippen LogP contribution in [0.5, 0.6) is 0 Å². The van der Waals surface area contributed by atoms with E-state index in [0.717, 1.165) is 0 Å². The number of anilines is 1. The Morgan fingerprint density at radius 1 is 1.13 bits per heavy atom. The first-order valence-electron chi connectivity index (χ1n) is 7.46. The van der Waals surface area contributed by atoms with Crippen LogP contribution in [0.4, 0.5) is 23.2 Å². The van der Waals surface area contributed by atoms with Crippen molar-refractivity contribution in [1.29, 1.82) is 0 Å². The van der Waals surface area contributed by atoms with Gasteiger partial charge >= 0.3 is 5.97 Å². The molecule has 1 saturated carbocycles. The highest BCUT2D eigenvalue weighted by molar-refractivity contribution is 5.72. The molecule has 0 radical (unpaired) electrons. The Kier molecular flexibility index (Phi) is 5.43. The van der Waals surface area contributed by atoms with Gasteiger partial charge in [0.05, 0.1) is 12.5 Å². The van der Waals surface area contributed by atoms with E-state index < -0.39 is 29.2 Å². The van der Waals surface area contributed by atoms with Crippen molar-refractivity contribution >= 4 is 11.7 Å². The van der Waals surface area contributed by atoms with E-state index in [4.69, 9.17) is 4.74 Å². The van der Waals surface area contributed by atoms with Gasteiger partial charge in [-0.2, -0.15) is 22.5 Å². The first-order chi connectivity index (χ1) is 10.9. The molecule has 23 heavy (non-hydrogen) atoms. The van der Waals surface area contributed by atoms with Gasteiger partial charge in [-0.15, -0.1) is 0 Å². The largest absolute Gasteiger partial charge is 0.466 e. The minimum absolute atomic E-state index is 0.250. The SMILES string of the molecule is CCOC(=O)C1CCC(N(C)c2c(F)c(F)nc(F)c2F)CC1. The summed E-state index contributed by atoms with van der Waals surface area (Å²) in [6.45, 7) is 2.01. The predicted octanol–water partition coefficient (Wildman–Crippen LogP) is 3.20. The van der Waals surface area contributed by atoms with Crippen LogP contribution in [-0.4, -0.2) is 30.6 Å². The molecule has 0 saturated heterocycles. The van der Waals surface area contributed by atoms with Crippen molar-refractivity contribution < 1.29 is 27.1 Å². The second-order valence-electron chi connectivity index (χ2n) is 5.54. The molecule has 1 heterocycles. The fourth-order valence-electron chi connectivity index (χ4n) is 2.93. The molecule has 1 aromatic rings. The van der Waals surface area contributed by atoms with Gasteiger partial charge in [0.15, 0.2) is 0 Å².